The summed E-state index contributed by atoms with van der Waals surface area (Å²) in [6, 6.07) is 1.83. The first-order chi connectivity index (χ1) is 5.74. The Kier molecular flexibility index (Phi) is 3.34. The van der Waals surface area contributed by atoms with Gasteiger partial charge in [-0.3, -0.25) is 4.57 Å². The van der Waals surface area contributed by atoms with Crippen molar-refractivity contribution in [1.82, 2.24) is 9.55 Å². The molecule has 1 aromatic heterocycles. The van der Waals surface area contributed by atoms with Crippen LogP contribution in [0.2, 0.25) is 0 Å². The van der Waals surface area contributed by atoms with E-state index in [0.29, 0.717) is 6.54 Å². The smallest absolute Gasteiger partial charge is 0.299 e. The molecule has 0 atom stereocenters. The Hall–Kier alpha value is -0.770. The third-order valence-corrected chi connectivity index (χ3v) is 1.89. The number of thiol groups is 1. The molecule has 1 rings (SSSR count). The van der Waals surface area contributed by atoms with Gasteiger partial charge in [0, 0.05) is 18.4 Å². The van der Waals surface area contributed by atoms with Gasteiger partial charge in [0.25, 0.3) is 0 Å². The van der Waals surface area contributed by atoms with Crippen molar-refractivity contribution in [2.45, 2.75) is 19.9 Å². The molecule has 0 fully saturated rings. The van der Waals surface area contributed by atoms with E-state index in [4.69, 9.17) is 0 Å². The van der Waals surface area contributed by atoms with Crippen LogP contribution in [0.4, 0.5) is 0 Å². The average molecular weight is 184 g/mol. The molecular formula is C8H12N2OS. The average Bonchev–Trinajstić information content (AvgIpc) is 2.03. The van der Waals surface area contributed by atoms with Crippen LogP contribution >= 0.6 is 12.6 Å². The predicted molar refractivity (Wildman–Crippen MR) is 51.7 cm³/mol. The molecule has 1 heterocycles. The summed E-state index contributed by atoms with van der Waals surface area (Å²) in [5.41, 5.74) is 0.596. The SMILES string of the molecule is Cc1ccn(CCCS)c(=O)n1. The van der Waals surface area contributed by atoms with Gasteiger partial charge in [-0.1, -0.05) is 0 Å². The van der Waals surface area contributed by atoms with E-state index in [0.717, 1.165) is 17.9 Å². The van der Waals surface area contributed by atoms with Crippen LogP contribution in [0.3, 0.4) is 0 Å². The van der Waals surface area contributed by atoms with Crippen molar-refractivity contribution in [3.63, 3.8) is 0 Å². The van der Waals surface area contributed by atoms with Gasteiger partial charge in [0.2, 0.25) is 0 Å². The van der Waals surface area contributed by atoms with E-state index < -0.39 is 0 Å². The van der Waals surface area contributed by atoms with E-state index in [1.165, 1.54) is 0 Å². The highest BCUT2D eigenvalue weighted by Gasteiger charge is 1.95. The van der Waals surface area contributed by atoms with E-state index >= 15 is 0 Å². The molecule has 1 aromatic rings. The standard InChI is InChI=1S/C8H12N2OS/c1-7-3-5-10(4-2-6-12)8(11)9-7/h3,5,12H,2,4,6H2,1H3. The molecular weight excluding hydrogens is 172 g/mol. The molecule has 0 radical (unpaired) electrons. The number of hydrogen-bond acceptors (Lipinski definition) is 3. The first-order valence-electron chi connectivity index (χ1n) is 3.89. The highest BCUT2D eigenvalue weighted by atomic mass is 32.1. The monoisotopic (exact) mass is 184 g/mol. The largest absolute Gasteiger partial charge is 0.347 e. The zero-order valence-corrected chi connectivity index (χ0v) is 7.92. The van der Waals surface area contributed by atoms with Crippen molar-refractivity contribution in [2.24, 2.45) is 0 Å². The first-order valence-corrected chi connectivity index (χ1v) is 4.52. The molecule has 3 nitrogen and oxygen atoms in total. The van der Waals surface area contributed by atoms with E-state index in [1.807, 2.05) is 13.0 Å². The van der Waals surface area contributed by atoms with Crippen LogP contribution in [0.25, 0.3) is 0 Å². The quantitative estimate of drug-likeness (QED) is 0.707. The van der Waals surface area contributed by atoms with E-state index in [9.17, 15) is 4.79 Å². The van der Waals surface area contributed by atoms with Gasteiger partial charge in [0.15, 0.2) is 0 Å². The Labute approximate surface area is 76.9 Å². The molecule has 0 aliphatic rings. The highest BCUT2D eigenvalue weighted by Crippen LogP contribution is 1.90. The van der Waals surface area contributed by atoms with Crippen LogP contribution in [0.5, 0.6) is 0 Å². The van der Waals surface area contributed by atoms with E-state index in [-0.39, 0.29) is 5.69 Å². The number of hydrogen-bond donors (Lipinski definition) is 1. The summed E-state index contributed by atoms with van der Waals surface area (Å²) in [7, 11) is 0. The second-order valence-electron chi connectivity index (χ2n) is 2.62. The lowest BCUT2D eigenvalue weighted by atomic mass is 10.4. The fraction of sp³-hybridized carbons (Fsp3) is 0.500. The Morgan fingerprint density at radius 1 is 1.67 bits per heavy atom. The molecule has 0 amide bonds. The lowest BCUT2D eigenvalue weighted by Gasteiger charge is -2.02. The summed E-state index contributed by atoms with van der Waals surface area (Å²) in [6.45, 7) is 2.51. The normalized spacial score (nSPS) is 10.2. The topological polar surface area (TPSA) is 34.9 Å². The van der Waals surface area contributed by atoms with Gasteiger partial charge >= 0.3 is 5.69 Å². The summed E-state index contributed by atoms with van der Waals surface area (Å²) in [5, 5.41) is 0. The molecule has 0 bridgehead atoms. The summed E-state index contributed by atoms with van der Waals surface area (Å²) in [6.07, 6.45) is 2.67. The summed E-state index contributed by atoms with van der Waals surface area (Å²) >= 11 is 4.07. The summed E-state index contributed by atoms with van der Waals surface area (Å²) in [5.74, 6) is 0.792. The molecule has 66 valence electrons. The molecule has 4 heteroatoms. The van der Waals surface area contributed by atoms with E-state index in [2.05, 4.69) is 17.6 Å². The first kappa shape index (κ1) is 9.32. The second-order valence-corrected chi connectivity index (χ2v) is 3.07. The van der Waals surface area contributed by atoms with Crippen LogP contribution in [0.1, 0.15) is 12.1 Å². The van der Waals surface area contributed by atoms with Crippen LogP contribution in [0, 0.1) is 6.92 Å². The van der Waals surface area contributed by atoms with Gasteiger partial charge in [-0.25, -0.2) is 4.79 Å². The van der Waals surface area contributed by atoms with Gasteiger partial charge in [-0.15, -0.1) is 0 Å². The van der Waals surface area contributed by atoms with Crippen LogP contribution in [0.15, 0.2) is 17.1 Å². The van der Waals surface area contributed by atoms with Crippen molar-refractivity contribution in [3.8, 4) is 0 Å². The Morgan fingerprint density at radius 3 is 3.00 bits per heavy atom. The van der Waals surface area contributed by atoms with Crippen molar-refractivity contribution in [3.05, 3.63) is 28.4 Å². The molecule has 0 saturated carbocycles. The summed E-state index contributed by atoms with van der Waals surface area (Å²) < 4.78 is 1.60. The molecule has 0 aromatic carbocycles. The molecule has 0 saturated heterocycles. The van der Waals surface area contributed by atoms with Gasteiger partial charge in [0.05, 0.1) is 0 Å². The fourth-order valence-corrected chi connectivity index (χ4v) is 1.07. The lowest BCUT2D eigenvalue weighted by Crippen LogP contribution is -2.22. The maximum absolute atomic E-state index is 11.2. The molecule has 12 heavy (non-hydrogen) atoms. The molecule has 0 aliphatic heterocycles. The van der Waals surface area contributed by atoms with Crippen LogP contribution in [-0.2, 0) is 6.54 Å². The molecule has 0 spiro atoms. The van der Waals surface area contributed by atoms with Crippen molar-refractivity contribution in [2.75, 3.05) is 5.75 Å². The second kappa shape index (κ2) is 4.30. The molecule has 0 aliphatic carbocycles. The maximum Gasteiger partial charge on any atom is 0.347 e. The number of aryl methyl sites for hydroxylation is 2. The lowest BCUT2D eigenvalue weighted by molar-refractivity contribution is 0.636. The zero-order valence-electron chi connectivity index (χ0n) is 7.03. The molecule has 0 N–H and O–H groups in total. The van der Waals surface area contributed by atoms with Gasteiger partial charge < -0.3 is 0 Å². The highest BCUT2D eigenvalue weighted by molar-refractivity contribution is 7.80. The van der Waals surface area contributed by atoms with Crippen molar-refractivity contribution >= 4 is 12.6 Å². The van der Waals surface area contributed by atoms with E-state index in [1.54, 1.807) is 10.8 Å². The third kappa shape index (κ3) is 2.37. The van der Waals surface area contributed by atoms with Gasteiger partial charge in [0.1, 0.15) is 0 Å². The summed E-state index contributed by atoms with van der Waals surface area (Å²) in [4.78, 5) is 15.0. The maximum atomic E-state index is 11.2. The minimum atomic E-state index is -0.170. The Bertz CT molecular complexity index is 308. The number of aromatic nitrogens is 2. The Balaban J connectivity index is 2.80. The number of nitrogens with zero attached hydrogens (tertiary/aromatic N) is 2. The third-order valence-electron chi connectivity index (χ3n) is 1.57. The van der Waals surface area contributed by atoms with Crippen molar-refractivity contribution in [1.29, 1.82) is 0 Å². The van der Waals surface area contributed by atoms with Gasteiger partial charge in [-0.05, 0) is 25.2 Å². The Morgan fingerprint density at radius 2 is 2.42 bits per heavy atom. The fourth-order valence-electron chi connectivity index (χ4n) is 0.925. The minimum Gasteiger partial charge on any atom is -0.299 e. The van der Waals surface area contributed by atoms with Crippen molar-refractivity contribution < 1.29 is 0 Å². The minimum absolute atomic E-state index is 0.170. The zero-order chi connectivity index (χ0) is 8.97. The van der Waals surface area contributed by atoms with Crippen LogP contribution < -0.4 is 5.69 Å². The van der Waals surface area contributed by atoms with Gasteiger partial charge in [-0.2, -0.15) is 17.6 Å². The number of rotatable bonds is 3. The molecule has 0 unspecified atom stereocenters. The van der Waals surface area contributed by atoms with Crippen LogP contribution in [-0.4, -0.2) is 15.3 Å². The predicted octanol–water partition coefficient (Wildman–Crippen LogP) is 0.872.